The van der Waals surface area contributed by atoms with Gasteiger partial charge in [-0.25, -0.2) is 4.79 Å². The number of nitrogens with zero attached hydrogens (tertiary/aromatic N) is 1. The number of halogens is 3. The molecule has 104 valence electrons. The van der Waals surface area contributed by atoms with E-state index < -0.39 is 17.7 Å². The van der Waals surface area contributed by atoms with Crippen molar-refractivity contribution in [2.75, 3.05) is 0 Å². The number of rotatable bonds is 2. The number of aromatic nitrogens is 1. The molecule has 0 aliphatic heterocycles. The molecule has 2 aromatic rings. The van der Waals surface area contributed by atoms with Crippen molar-refractivity contribution in [3.8, 4) is 11.1 Å². The van der Waals surface area contributed by atoms with Crippen LogP contribution in [0.15, 0.2) is 36.7 Å². The molecule has 20 heavy (non-hydrogen) atoms. The fourth-order valence-corrected chi connectivity index (χ4v) is 2.02. The van der Waals surface area contributed by atoms with Crippen LogP contribution in [0.4, 0.5) is 13.2 Å². The van der Waals surface area contributed by atoms with E-state index in [9.17, 15) is 18.0 Å². The van der Waals surface area contributed by atoms with Crippen LogP contribution in [-0.2, 0) is 6.18 Å². The van der Waals surface area contributed by atoms with Crippen LogP contribution in [0.3, 0.4) is 0 Å². The van der Waals surface area contributed by atoms with Crippen LogP contribution in [0.25, 0.3) is 11.1 Å². The normalized spacial score (nSPS) is 11.4. The summed E-state index contributed by atoms with van der Waals surface area (Å²) in [6, 6.07) is 5.10. The summed E-state index contributed by atoms with van der Waals surface area (Å²) in [7, 11) is 0. The zero-order valence-electron chi connectivity index (χ0n) is 10.4. The Morgan fingerprint density at radius 3 is 2.50 bits per heavy atom. The first kappa shape index (κ1) is 14.0. The molecule has 3 nitrogen and oxygen atoms in total. The standard InChI is InChI=1S/C14H10F3NO2/c1-8-9(3-2-4-10(8)13(19)20)11-7-18-6-5-12(11)14(15,16)17/h2-7H,1H3,(H,19,20). The summed E-state index contributed by atoms with van der Waals surface area (Å²) in [6.07, 6.45) is -2.37. The van der Waals surface area contributed by atoms with E-state index in [-0.39, 0.29) is 22.3 Å². The first-order valence-corrected chi connectivity index (χ1v) is 5.67. The van der Waals surface area contributed by atoms with Crippen molar-refractivity contribution in [3.05, 3.63) is 53.3 Å². The number of alkyl halides is 3. The van der Waals surface area contributed by atoms with Crippen molar-refractivity contribution in [1.29, 1.82) is 0 Å². The van der Waals surface area contributed by atoms with E-state index in [2.05, 4.69) is 4.98 Å². The van der Waals surface area contributed by atoms with Gasteiger partial charge in [-0.2, -0.15) is 13.2 Å². The Labute approximate surface area is 112 Å². The molecular formula is C14H10F3NO2. The Balaban J connectivity index is 2.70. The molecule has 0 atom stereocenters. The number of hydrogen-bond acceptors (Lipinski definition) is 2. The van der Waals surface area contributed by atoms with Crippen LogP contribution in [-0.4, -0.2) is 16.1 Å². The van der Waals surface area contributed by atoms with Crippen LogP contribution in [0.2, 0.25) is 0 Å². The molecule has 0 saturated carbocycles. The van der Waals surface area contributed by atoms with Gasteiger partial charge in [0.05, 0.1) is 11.1 Å². The SMILES string of the molecule is Cc1c(C(=O)O)cccc1-c1cnccc1C(F)(F)F. The summed E-state index contributed by atoms with van der Waals surface area (Å²) in [5, 5.41) is 9.03. The zero-order chi connectivity index (χ0) is 14.9. The number of benzene rings is 1. The Hall–Kier alpha value is -2.37. The Kier molecular flexibility index (Phi) is 3.48. The van der Waals surface area contributed by atoms with Gasteiger partial charge in [0.2, 0.25) is 0 Å². The van der Waals surface area contributed by atoms with Crippen LogP contribution >= 0.6 is 0 Å². The third-order valence-corrected chi connectivity index (χ3v) is 2.98. The molecule has 1 aromatic carbocycles. The van der Waals surface area contributed by atoms with Gasteiger partial charge in [0.1, 0.15) is 0 Å². The first-order valence-electron chi connectivity index (χ1n) is 5.67. The lowest BCUT2D eigenvalue weighted by Crippen LogP contribution is -2.08. The lowest BCUT2D eigenvalue weighted by atomic mass is 9.94. The summed E-state index contributed by atoms with van der Waals surface area (Å²) in [5.41, 5.74) is -0.498. The van der Waals surface area contributed by atoms with Gasteiger partial charge in [-0.3, -0.25) is 4.98 Å². The largest absolute Gasteiger partial charge is 0.478 e. The van der Waals surface area contributed by atoms with Crippen molar-refractivity contribution < 1.29 is 23.1 Å². The second kappa shape index (κ2) is 4.96. The van der Waals surface area contributed by atoms with Crippen LogP contribution in [0, 0.1) is 6.92 Å². The van der Waals surface area contributed by atoms with E-state index in [4.69, 9.17) is 5.11 Å². The second-order valence-electron chi connectivity index (χ2n) is 4.20. The fraction of sp³-hybridized carbons (Fsp3) is 0.143. The molecule has 0 unspecified atom stereocenters. The molecule has 2 rings (SSSR count). The van der Waals surface area contributed by atoms with E-state index in [1.165, 1.54) is 25.1 Å². The molecule has 1 heterocycles. The van der Waals surface area contributed by atoms with E-state index >= 15 is 0 Å². The maximum atomic E-state index is 13.0. The minimum absolute atomic E-state index is 0.0283. The average molecular weight is 281 g/mol. The van der Waals surface area contributed by atoms with Gasteiger partial charge < -0.3 is 5.11 Å². The Bertz CT molecular complexity index is 666. The number of hydrogen-bond donors (Lipinski definition) is 1. The number of carbonyl (C=O) groups is 1. The molecule has 0 amide bonds. The number of carboxylic acid groups (broad SMARTS) is 1. The van der Waals surface area contributed by atoms with Crippen molar-refractivity contribution >= 4 is 5.97 Å². The summed E-state index contributed by atoms with van der Waals surface area (Å²) < 4.78 is 38.9. The third kappa shape index (κ3) is 2.49. The summed E-state index contributed by atoms with van der Waals surface area (Å²) in [5.74, 6) is -1.18. The van der Waals surface area contributed by atoms with Crippen LogP contribution in [0.1, 0.15) is 21.5 Å². The molecular weight excluding hydrogens is 271 g/mol. The van der Waals surface area contributed by atoms with E-state index in [1.807, 2.05) is 0 Å². The van der Waals surface area contributed by atoms with Gasteiger partial charge >= 0.3 is 12.1 Å². The smallest absolute Gasteiger partial charge is 0.417 e. The highest BCUT2D eigenvalue weighted by Gasteiger charge is 2.34. The van der Waals surface area contributed by atoms with Gasteiger partial charge in [0, 0.05) is 18.0 Å². The van der Waals surface area contributed by atoms with Crippen LogP contribution < -0.4 is 0 Å². The first-order chi connectivity index (χ1) is 9.32. The minimum Gasteiger partial charge on any atom is -0.478 e. The van der Waals surface area contributed by atoms with Crippen LogP contribution in [0.5, 0.6) is 0 Å². The van der Waals surface area contributed by atoms with Gasteiger partial charge in [-0.05, 0) is 30.2 Å². The highest BCUT2D eigenvalue weighted by atomic mass is 19.4. The topological polar surface area (TPSA) is 50.2 Å². The molecule has 0 aliphatic carbocycles. The molecule has 1 N–H and O–H groups in total. The predicted octanol–water partition coefficient (Wildman–Crippen LogP) is 3.77. The van der Waals surface area contributed by atoms with Crippen molar-refractivity contribution in [2.24, 2.45) is 0 Å². The molecule has 0 radical (unpaired) electrons. The third-order valence-electron chi connectivity index (χ3n) is 2.98. The van der Waals surface area contributed by atoms with Gasteiger partial charge in [-0.1, -0.05) is 12.1 Å². The number of carboxylic acids is 1. The number of aromatic carboxylic acids is 1. The average Bonchev–Trinajstić information content (AvgIpc) is 2.37. The van der Waals surface area contributed by atoms with E-state index in [1.54, 1.807) is 0 Å². The zero-order valence-corrected chi connectivity index (χ0v) is 10.4. The molecule has 1 aromatic heterocycles. The van der Waals surface area contributed by atoms with Gasteiger partial charge in [-0.15, -0.1) is 0 Å². The number of pyridine rings is 1. The Morgan fingerprint density at radius 1 is 1.20 bits per heavy atom. The summed E-state index contributed by atoms with van der Waals surface area (Å²) >= 11 is 0. The predicted molar refractivity (Wildman–Crippen MR) is 66.4 cm³/mol. The van der Waals surface area contributed by atoms with E-state index in [0.717, 1.165) is 18.5 Å². The second-order valence-corrected chi connectivity index (χ2v) is 4.20. The summed E-state index contributed by atoms with van der Waals surface area (Å²) in [4.78, 5) is 14.8. The van der Waals surface area contributed by atoms with Gasteiger partial charge in [0.25, 0.3) is 0 Å². The van der Waals surface area contributed by atoms with Crippen molar-refractivity contribution in [1.82, 2.24) is 4.98 Å². The molecule has 6 heteroatoms. The van der Waals surface area contributed by atoms with E-state index in [0.29, 0.717) is 0 Å². The fourth-order valence-electron chi connectivity index (χ4n) is 2.02. The quantitative estimate of drug-likeness (QED) is 0.911. The molecule has 0 saturated heterocycles. The lowest BCUT2D eigenvalue weighted by molar-refractivity contribution is -0.137. The molecule has 0 fully saturated rings. The Morgan fingerprint density at radius 2 is 1.90 bits per heavy atom. The molecule has 0 aliphatic rings. The van der Waals surface area contributed by atoms with Gasteiger partial charge in [0.15, 0.2) is 0 Å². The highest BCUT2D eigenvalue weighted by Crippen LogP contribution is 2.37. The highest BCUT2D eigenvalue weighted by molar-refractivity contribution is 5.92. The van der Waals surface area contributed by atoms with Crippen molar-refractivity contribution in [2.45, 2.75) is 13.1 Å². The minimum atomic E-state index is -4.52. The van der Waals surface area contributed by atoms with Crippen molar-refractivity contribution in [3.63, 3.8) is 0 Å². The molecule has 0 spiro atoms. The monoisotopic (exact) mass is 281 g/mol. The summed E-state index contributed by atoms with van der Waals surface area (Å²) in [6.45, 7) is 1.48. The lowest BCUT2D eigenvalue weighted by Gasteiger charge is -2.14. The molecule has 0 bridgehead atoms. The maximum Gasteiger partial charge on any atom is 0.417 e. The maximum absolute atomic E-state index is 13.0.